The lowest BCUT2D eigenvalue weighted by atomic mass is 9.85. The largest absolute Gasteiger partial charge is 0.0619 e. The van der Waals surface area contributed by atoms with Crippen molar-refractivity contribution in [2.45, 2.75) is 53.4 Å². The van der Waals surface area contributed by atoms with Crippen molar-refractivity contribution < 1.29 is 0 Å². The number of benzene rings is 2. The molecule has 2 aromatic rings. The highest BCUT2D eigenvalue weighted by molar-refractivity contribution is 5.73. The lowest BCUT2D eigenvalue weighted by molar-refractivity contribution is 0.853. The Kier molecular flexibility index (Phi) is 4.32. The van der Waals surface area contributed by atoms with Gasteiger partial charge in [-0.3, -0.25) is 0 Å². The molecule has 0 atom stereocenters. The summed E-state index contributed by atoms with van der Waals surface area (Å²) in [6.07, 6.45) is 0. The topological polar surface area (TPSA) is 0 Å². The zero-order valence-electron chi connectivity index (χ0n) is 13.6. The van der Waals surface area contributed by atoms with Crippen molar-refractivity contribution in [2.75, 3.05) is 0 Å². The van der Waals surface area contributed by atoms with Gasteiger partial charge in [0, 0.05) is 0 Å². The zero-order valence-corrected chi connectivity index (χ0v) is 13.6. The number of hydrogen-bond donors (Lipinski definition) is 0. The molecule has 20 heavy (non-hydrogen) atoms. The van der Waals surface area contributed by atoms with Crippen molar-refractivity contribution in [3.8, 4) is 11.1 Å². The SMILES string of the molecule is Cc1cc(-c2ccccc2C(C)C)c(C)c(C(C)C)c1. The summed E-state index contributed by atoms with van der Waals surface area (Å²) in [6, 6.07) is 13.5. The number of aryl methyl sites for hydroxylation is 1. The Balaban J connectivity index is 2.70. The molecular formula is C20H26. The Bertz CT molecular complexity index is 603. The summed E-state index contributed by atoms with van der Waals surface area (Å²) in [5, 5.41) is 0. The average Bonchev–Trinajstić information content (AvgIpc) is 2.40. The van der Waals surface area contributed by atoms with Crippen LogP contribution in [0.1, 0.15) is 61.8 Å². The molecule has 0 aliphatic rings. The molecule has 0 heterocycles. The van der Waals surface area contributed by atoms with E-state index < -0.39 is 0 Å². The van der Waals surface area contributed by atoms with E-state index in [2.05, 4.69) is 77.9 Å². The first-order valence-corrected chi connectivity index (χ1v) is 7.62. The Morgan fingerprint density at radius 1 is 0.700 bits per heavy atom. The van der Waals surface area contributed by atoms with E-state index in [9.17, 15) is 0 Å². The molecule has 2 aromatic carbocycles. The highest BCUT2D eigenvalue weighted by atomic mass is 14.2. The summed E-state index contributed by atoms with van der Waals surface area (Å²) in [5.74, 6) is 1.12. The van der Waals surface area contributed by atoms with Gasteiger partial charge in [-0.05, 0) is 53.5 Å². The molecule has 0 fully saturated rings. The van der Waals surface area contributed by atoms with Crippen LogP contribution in [-0.4, -0.2) is 0 Å². The third-order valence-electron chi connectivity index (χ3n) is 4.09. The molecule has 0 saturated heterocycles. The lowest BCUT2D eigenvalue weighted by Gasteiger charge is -2.19. The van der Waals surface area contributed by atoms with Crippen LogP contribution in [0, 0.1) is 13.8 Å². The van der Waals surface area contributed by atoms with E-state index in [1.807, 2.05) is 0 Å². The maximum absolute atomic E-state index is 2.34. The van der Waals surface area contributed by atoms with E-state index in [0.29, 0.717) is 11.8 Å². The normalized spacial score (nSPS) is 11.4. The van der Waals surface area contributed by atoms with Gasteiger partial charge in [0.25, 0.3) is 0 Å². The molecule has 0 amide bonds. The fourth-order valence-corrected chi connectivity index (χ4v) is 3.01. The van der Waals surface area contributed by atoms with E-state index in [4.69, 9.17) is 0 Å². The van der Waals surface area contributed by atoms with Gasteiger partial charge in [0.1, 0.15) is 0 Å². The van der Waals surface area contributed by atoms with Crippen LogP contribution in [0.3, 0.4) is 0 Å². The predicted molar refractivity (Wildman–Crippen MR) is 89.5 cm³/mol. The summed E-state index contributed by atoms with van der Waals surface area (Å²) in [5.41, 5.74) is 8.49. The summed E-state index contributed by atoms with van der Waals surface area (Å²) in [6.45, 7) is 13.6. The van der Waals surface area contributed by atoms with Crippen LogP contribution in [0.15, 0.2) is 36.4 Å². The molecule has 106 valence electrons. The van der Waals surface area contributed by atoms with Crippen molar-refractivity contribution in [2.24, 2.45) is 0 Å². The van der Waals surface area contributed by atoms with Crippen LogP contribution in [0.4, 0.5) is 0 Å². The van der Waals surface area contributed by atoms with Crippen LogP contribution in [0.25, 0.3) is 11.1 Å². The maximum atomic E-state index is 2.34. The Morgan fingerprint density at radius 2 is 1.30 bits per heavy atom. The molecule has 0 heteroatoms. The number of rotatable bonds is 3. The molecule has 0 aromatic heterocycles. The van der Waals surface area contributed by atoms with Gasteiger partial charge in [0.2, 0.25) is 0 Å². The minimum absolute atomic E-state index is 0.550. The third kappa shape index (κ3) is 2.80. The van der Waals surface area contributed by atoms with Crippen molar-refractivity contribution in [1.29, 1.82) is 0 Å². The van der Waals surface area contributed by atoms with Gasteiger partial charge in [-0.25, -0.2) is 0 Å². The molecule has 0 spiro atoms. The molecular weight excluding hydrogens is 240 g/mol. The van der Waals surface area contributed by atoms with Gasteiger partial charge < -0.3 is 0 Å². The third-order valence-corrected chi connectivity index (χ3v) is 4.09. The van der Waals surface area contributed by atoms with Crippen molar-refractivity contribution in [1.82, 2.24) is 0 Å². The molecule has 0 aliphatic carbocycles. The highest BCUT2D eigenvalue weighted by Crippen LogP contribution is 2.35. The van der Waals surface area contributed by atoms with Crippen LogP contribution in [-0.2, 0) is 0 Å². The standard InChI is InChI=1S/C20H26/c1-13(2)17-9-7-8-10-18(17)20-12-15(5)11-19(14(3)4)16(20)6/h7-14H,1-6H3. The molecule has 0 unspecified atom stereocenters. The number of hydrogen-bond acceptors (Lipinski definition) is 0. The van der Waals surface area contributed by atoms with Crippen LogP contribution in [0.5, 0.6) is 0 Å². The molecule has 0 radical (unpaired) electrons. The predicted octanol–water partition coefficient (Wildman–Crippen LogP) is 6.22. The molecule has 0 saturated carbocycles. The van der Waals surface area contributed by atoms with Crippen molar-refractivity contribution in [3.05, 3.63) is 58.7 Å². The highest BCUT2D eigenvalue weighted by Gasteiger charge is 2.14. The molecule has 0 bridgehead atoms. The van der Waals surface area contributed by atoms with E-state index in [1.165, 1.54) is 33.4 Å². The van der Waals surface area contributed by atoms with Gasteiger partial charge in [-0.15, -0.1) is 0 Å². The van der Waals surface area contributed by atoms with Crippen molar-refractivity contribution in [3.63, 3.8) is 0 Å². The van der Waals surface area contributed by atoms with Gasteiger partial charge in [0.05, 0.1) is 0 Å². The second-order valence-corrected chi connectivity index (χ2v) is 6.42. The Labute approximate surface area is 123 Å². The first-order chi connectivity index (χ1) is 9.41. The van der Waals surface area contributed by atoms with Crippen LogP contribution < -0.4 is 0 Å². The monoisotopic (exact) mass is 266 g/mol. The van der Waals surface area contributed by atoms with Gasteiger partial charge in [-0.2, -0.15) is 0 Å². The summed E-state index contributed by atoms with van der Waals surface area (Å²) in [7, 11) is 0. The van der Waals surface area contributed by atoms with Gasteiger partial charge >= 0.3 is 0 Å². The molecule has 0 N–H and O–H groups in total. The summed E-state index contributed by atoms with van der Waals surface area (Å²) in [4.78, 5) is 0. The second-order valence-electron chi connectivity index (χ2n) is 6.42. The maximum Gasteiger partial charge on any atom is -0.0146 e. The fraction of sp³-hybridized carbons (Fsp3) is 0.400. The van der Waals surface area contributed by atoms with Gasteiger partial charge in [0.15, 0.2) is 0 Å². The van der Waals surface area contributed by atoms with E-state index in [0.717, 1.165) is 0 Å². The van der Waals surface area contributed by atoms with Crippen molar-refractivity contribution >= 4 is 0 Å². The summed E-state index contributed by atoms with van der Waals surface area (Å²) >= 11 is 0. The lowest BCUT2D eigenvalue weighted by Crippen LogP contribution is -1.99. The minimum atomic E-state index is 0.550. The fourth-order valence-electron chi connectivity index (χ4n) is 3.01. The van der Waals surface area contributed by atoms with Gasteiger partial charge in [-0.1, -0.05) is 69.7 Å². The van der Waals surface area contributed by atoms with Crippen LogP contribution in [0.2, 0.25) is 0 Å². The first kappa shape index (κ1) is 14.8. The van der Waals surface area contributed by atoms with E-state index in [1.54, 1.807) is 0 Å². The smallest absolute Gasteiger partial charge is 0.0146 e. The first-order valence-electron chi connectivity index (χ1n) is 7.62. The molecule has 0 aliphatic heterocycles. The minimum Gasteiger partial charge on any atom is -0.0619 e. The zero-order chi connectivity index (χ0) is 14.9. The molecule has 0 nitrogen and oxygen atoms in total. The van der Waals surface area contributed by atoms with E-state index in [-0.39, 0.29) is 0 Å². The average molecular weight is 266 g/mol. The quantitative estimate of drug-likeness (QED) is 0.619. The molecule has 2 rings (SSSR count). The van der Waals surface area contributed by atoms with Crippen LogP contribution >= 0.6 is 0 Å². The second kappa shape index (κ2) is 5.83. The Morgan fingerprint density at radius 3 is 1.90 bits per heavy atom. The Hall–Kier alpha value is -1.56. The van der Waals surface area contributed by atoms with E-state index >= 15 is 0 Å². The summed E-state index contributed by atoms with van der Waals surface area (Å²) < 4.78 is 0.